The molecule has 0 radical (unpaired) electrons. The molecule has 3 heterocycles. The van der Waals surface area contributed by atoms with Crippen molar-refractivity contribution in [3.05, 3.63) is 45.1 Å². The molecule has 118 valence electrons. The highest BCUT2D eigenvalue weighted by Crippen LogP contribution is 2.23. The van der Waals surface area contributed by atoms with Gasteiger partial charge in [-0.05, 0) is 22.9 Å². The molecule has 0 N–H and O–H groups in total. The average molecular weight is 381 g/mol. The molecular weight excluding hydrogens is 372 g/mol. The molecule has 0 atom stereocenters. The van der Waals surface area contributed by atoms with Crippen molar-refractivity contribution in [2.24, 2.45) is 0 Å². The molecule has 0 spiro atoms. The highest BCUT2D eigenvalue weighted by atomic mass is 79.9. The topological polar surface area (TPSA) is 117 Å². The number of aromatic nitrogens is 5. The Morgan fingerprint density at radius 1 is 1.43 bits per heavy atom. The first-order valence-corrected chi connectivity index (χ1v) is 7.21. The maximum atomic E-state index is 11.8. The van der Waals surface area contributed by atoms with Crippen molar-refractivity contribution in [3.8, 4) is 5.69 Å². The van der Waals surface area contributed by atoms with Gasteiger partial charge in [-0.3, -0.25) is 10.1 Å². The molecule has 0 fully saturated rings. The largest absolute Gasteiger partial charge is 0.461 e. The Hall–Kier alpha value is -2.82. The number of nitrogens with zero attached hydrogens (tertiary/aromatic N) is 6. The lowest BCUT2D eigenvalue weighted by atomic mass is 10.4. The summed E-state index contributed by atoms with van der Waals surface area (Å²) in [6.07, 6.45) is 5.40. The predicted octanol–water partition coefficient (Wildman–Crippen LogP) is 1.76. The number of carbonyl (C=O) groups is 1. The number of nitro groups is 1. The number of esters is 1. The van der Waals surface area contributed by atoms with Crippen LogP contribution in [0.5, 0.6) is 0 Å². The summed E-state index contributed by atoms with van der Waals surface area (Å²) in [6, 6.07) is 0. The van der Waals surface area contributed by atoms with Crippen LogP contribution in [0.4, 0.5) is 5.69 Å². The molecule has 3 aromatic rings. The first kappa shape index (κ1) is 15.1. The van der Waals surface area contributed by atoms with Crippen LogP contribution in [0.15, 0.2) is 29.3 Å². The zero-order chi connectivity index (χ0) is 16.6. The van der Waals surface area contributed by atoms with Crippen molar-refractivity contribution >= 4 is 33.2 Å². The summed E-state index contributed by atoms with van der Waals surface area (Å²) in [6.45, 7) is 1.93. The van der Waals surface area contributed by atoms with Crippen molar-refractivity contribution < 1.29 is 14.5 Å². The minimum Gasteiger partial charge on any atom is -0.461 e. The number of fused-ring (bicyclic) bond motifs is 1. The zero-order valence-corrected chi connectivity index (χ0v) is 13.3. The summed E-state index contributed by atoms with van der Waals surface area (Å²) in [5.74, 6) is -0.568. The standard InChI is InChI=1S/C12H9BrN6O4/c1-2-23-12(20)10-9(13)11-14-3-7(5-18(11)16-10)17-6-8(4-15-17)19(21)22/h3-6H,2H2,1H3. The summed E-state index contributed by atoms with van der Waals surface area (Å²) < 4.78 is 8.00. The summed E-state index contributed by atoms with van der Waals surface area (Å²) in [5, 5.41) is 18.7. The zero-order valence-electron chi connectivity index (χ0n) is 11.7. The SMILES string of the molecule is CCOC(=O)c1nn2cc(-n3cc([N+](=O)[O-])cn3)cnc2c1Br. The molecule has 10 nitrogen and oxygen atoms in total. The van der Waals surface area contributed by atoms with Crippen LogP contribution in [0, 0.1) is 10.1 Å². The third kappa shape index (κ3) is 2.65. The predicted molar refractivity (Wildman–Crippen MR) is 80.4 cm³/mol. The van der Waals surface area contributed by atoms with Crippen LogP contribution >= 0.6 is 15.9 Å². The first-order chi connectivity index (χ1) is 11.0. The summed E-state index contributed by atoms with van der Waals surface area (Å²) in [4.78, 5) is 26.2. The second kappa shape index (κ2) is 5.76. The molecule has 0 aromatic carbocycles. The van der Waals surface area contributed by atoms with Gasteiger partial charge >= 0.3 is 11.7 Å². The van der Waals surface area contributed by atoms with Crippen LogP contribution in [-0.4, -0.2) is 41.9 Å². The molecule has 0 unspecified atom stereocenters. The van der Waals surface area contributed by atoms with Gasteiger partial charge in [0.1, 0.15) is 18.1 Å². The Kier molecular flexibility index (Phi) is 3.78. The van der Waals surface area contributed by atoms with Gasteiger partial charge in [-0.15, -0.1) is 0 Å². The van der Waals surface area contributed by atoms with E-state index in [9.17, 15) is 14.9 Å². The van der Waals surface area contributed by atoms with E-state index in [2.05, 4.69) is 31.1 Å². The quantitative estimate of drug-likeness (QED) is 0.384. The molecule has 0 aliphatic heterocycles. The van der Waals surface area contributed by atoms with E-state index >= 15 is 0 Å². The lowest BCUT2D eigenvalue weighted by Gasteiger charge is -2.00. The molecule has 3 aromatic heterocycles. The van der Waals surface area contributed by atoms with Gasteiger partial charge in [0.05, 0.1) is 28.4 Å². The molecular formula is C12H9BrN6O4. The summed E-state index contributed by atoms with van der Waals surface area (Å²) in [5.41, 5.74) is 0.830. The van der Waals surface area contributed by atoms with Crippen molar-refractivity contribution in [1.82, 2.24) is 24.4 Å². The fraction of sp³-hybridized carbons (Fsp3) is 0.167. The van der Waals surface area contributed by atoms with Gasteiger partial charge in [-0.1, -0.05) is 0 Å². The van der Waals surface area contributed by atoms with E-state index in [1.165, 1.54) is 21.6 Å². The highest BCUT2D eigenvalue weighted by Gasteiger charge is 2.20. The summed E-state index contributed by atoms with van der Waals surface area (Å²) in [7, 11) is 0. The van der Waals surface area contributed by atoms with Gasteiger partial charge in [0.25, 0.3) is 0 Å². The molecule has 0 bridgehead atoms. The minimum atomic E-state index is -0.568. The molecule has 11 heteroatoms. The van der Waals surface area contributed by atoms with Crippen molar-refractivity contribution in [2.45, 2.75) is 6.92 Å². The summed E-state index contributed by atoms with van der Waals surface area (Å²) >= 11 is 3.27. The van der Waals surface area contributed by atoms with Gasteiger partial charge in [0, 0.05) is 0 Å². The molecule has 0 aliphatic rings. The van der Waals surface area contributed by atoms with Gasteiger partial charge in [-0.25, -0.2) is 19.0 Å². The van der Waals surface area contributed by atoms with E-state index in [-0.39, 0.29) is 18.0 Å². The van der Waals surface area contributed by atoms with Crippen LogP contribution in [0.3, 0.4) is 0 Å². The Balaban J connectivity index is 2.04. The van der Waals surface area contributed by atoms with E-state index in [1.54, 1.807) is 13.1 Å². The average Bonchev–Trinajstić information content (AvgIpc) is 3.13. The molecule has 0 saturated carbocycles. The Labute approximate surface area is 137 Å². The fourth-order valence-electron chi connectivity index (χ4n) is 1.89. The molecule has 3 rings (SSSR count). The van der Waals surface area contributed by atoms with E-state index < -0.39 is 10.9 Å². The number of carbonyl (C=O) groups excluding carboxylic acids is 1. The minimum absolute atomic E-state index is 0.0999. The van der Waals surface area contributed by atoms with Gasteiger partial charge < -0.3 is 4.74 Å². The van der Waals surface area contributed by atoms with Crippen molar-refractivity contribution in [2.75, 3.05) is 6.61 Å². The Bertz CT molecular complexity index is 918. The molecule has 0 aliphatic carbocycles. The fourth-order valence-corrected chi connectivity index (χ4v) is 2.42. The number of hydrogen-bond acceptors (Lipinski definition) is 7. The highest BCUT2D eigenvalue weighted by molar-refractivity contribution is 9.10. The normalized spacial score (nSPS) is 10.9. The second-order valence-corrected chi connectivity index (χ2v) is 5.16. The van der Waals surface area contributed by atoms with Crippen LogP contribution < -0.4 is 0 Å². The maximum Gasteiger partial charge on any atom is 0.360 e. The number of halogens is 1. The first-order valence-electron chi connectivity index (χ1n) is 6.41. The van der Waals surface area contributed by atoms with Crippen molar-refractivity contribution in [1.29, 1.82) is 0 Å². The molecule has 0 amide bonds. The number of hydrogen-bond donors (Lipinski definition) is 0. The van der Waals surface area contributed by atoms with Crippen LogP contribution in [0.1, 0.15) is 17.4 Å². The Morgan fingerprint density at radius 3 is 2.87 bits per heavy atom. The monoisotopic (exact) mass is 380 g/mol. The van der Waals surface area contributed by atoms with Crippen molar-refractivity contribution in [3.63, 3.8) is 0 Å². The van der Waals surface area contributed by atoms with Crippen LogP contribution in [-0.2, 0) is 4.74 Å². The lowest BCUT2D eigenvalue weighted by Crippen LogP contribution is -2.06. The second-order valence-electron chi connectivity index (χ2n) is 4.36. The number of ether oxygens (including phenoxy) is 1. The third-order valence-electron chi connectivity index (χ3n) is 2.92. The molecule has 0 saturated heterocycles. The van der Waals surface area contributed by atoms with Gasteiger partial charge in [-0.2, -0.15) is 10.2 Å². The van der Waals surface area contributed by atoms with E-state index in [4.69, 9.17) is 4.74 Å². The Morgan fingerprint density at radius 2 is 2.22 bits per heavy atom. The van der Waals surface area contributed by atoms with E-state index in [1.807, 2.05) is 0 Å². The van der Waals surface area contributed by atoms with Crippen LogP contribution in [0.25, 0.3) is 11.3 Å². The third-order valence-corrected chi connectivity index (χ3v) is 3.65. The van der Waals surface area contributed by atoms with Crippen LogP contribution in [0.2, 0.25) is 0 Å². The molecule has 23 heavy (non-hydrogen) atoms. The van der Waals surface area contributed by atoms with E-state index in [0.29, 0.717) is 15.8 Å². The van der Waals surface area contributed by atoms with E-state index in [0.717, 1.165) is 6.20 Å². The maximum absolute atomic E-state index is 11.8. The van der Waals surface area contributed by atoms with Gasteiger partial charge in [0.15, 0.2) is 11.3 Å². The number of rotatable bonds is 4. The van der Waals surface area contributed by atoms with Gasteiger partial charge in [0.2, 0.25) is 0 Å². The lowest BCUT2D eigenvalue weighted by molar-refractivity contribution is -0.384. The smallest absolute Gasteiger partial charge is 0.360 e.